The number of allylic oxidation sites excluding steroid dienone is 2. The Hall–Kier alpha value is -1.68. The van der Waals surface area contributed by atoms with Crippen molar-refractivity contribution >= 4 is 5.91 Å². The molecule has 0 radical (unpaired) electrons. The molecule has 1 aromatic rings. The summed E-state index contributed by atoms with van der Waals surface area (Å²) in [6.45, 7) is 2.72. The molecule has 0 aromatic carbocycles. The van der Waals surface area contributed by atoms with Gasteiger partial charge in [-0.15, -0.1) is 0 Å². The van der Waals surface area contributed by atoms with Crippen LogP contribution in [0.1, 0.15) is 31.4 Å². The van der Waals surface area contributed by atoms with Gasteiger partial charge in [-0.05, 0) is 43.7 Å². The van der Waals surface area contributed by atoms with Crippen LogP contribution in [0.25, 0.3) is 0 Å². The standard InChI is InChI=1S/C18H24N2O2/c21-18(16-9-11-22-14-16)20(12-15-6-2-1-3-7-15)13-17-8-4-5-10-19-17/h1-2,4-5,8,10,15-16H,3,6-7,9,11-14H2/t15-,16+/m1/s1. The molecule has 3 rings (SSSR count). The maximum Gasteiger partial charge on any atom is 0.228 e. The molecule has 2 heterocycles. The van der Waals surface area contributed by atoms with Crippen LogP contribution in [0.15, 0.2) is 36.5 Å². The Balaban J connectivity index is 1.69. The highest BCUT2D eigenvalue weighted by Gasteiger charge is 2.29. The smallest absolute Gasteiger partial charge is 0.228 e. The van der Waals surface area contributed by atoms with Crippen molar-refractivity contribution in [2.24, 2.45) is 11.8 Å². The molecule has 1 fully saturated rings. The van der Waals surface area contributed by atoms with Crippen LogP contribution in [-0.2, 0) is 16.1 Å². The molecule has 1 aromatic heterocycles. The molecule has 0 unspecified atom stereocenters. The predicted octanol–water partition coefficient (Wildman–Crippen LogP) is 2.80. The Morgan fingerprint density at radius 1 is 1.32 bits per heavy atom. The molecule has 1 amide bonds. The molecular formula is C18H24N2O2. The minimum Gasteiger partial charge on any atom is -0.381 e. The number of hydrogen-bond acceptors (Lipinski definition) is 3. The van der Waals surface area contributed by atoms with E-state index in [2.05, 4.69) is 17.1 Å². The Kier molecular flexibility index (Phi) is 5.22. The van der Waals surface area contributed by atoms with Crippen molar-refractivity contribution in [3.63, 3.8) is 0 Å². The number of carbonyl (C=O) groups is 1. The Bertz CT molecular complexity index is 509. The Morgan fingerprint density at radius 2 is 2.27 bits per heavy atom. The summed E-state index contributed by atoms with van der Waals surface area (Å²) < 4.78 is 5.39. The van der Waals surface area contributed by atoms with Crippen LogP contribution >= 0.6 is 0 Å². The minimum atomic E-state index is 0.0304. The zero-order chi connectivity index (χ0) is 15.2. The summed E-state index contributed by atoms with van der Waals surface area (Å²) in [5, 5.41) is 0. The molecule has 4 heteroatoms. The van der Waals surface area contributed by atoms with Gasteiger partial charge in [-0.1, -0.05) is 18.2 Å². The Morgan fingerprint density at radius 3 is 2.95 bits per heavy atom. The number of amides is 1. The second kappa shape index (κ2) is 7.54. The van der Waals surface area contributed by atoms with E-state index in [9.17, 15) is 4.79 Å². The summed E-state index contributed by atoms with van der Waals surface area (Å²) in [7, 11) is 0. The lowest BCUT2D eigenvalue weighted by Crippen LogP contribution is -2.39. The summed E-state index contributed by atoms with van der Waals surface area (Å²) in [5.74, 6) is 0.834. The van der Waals surface area contributed by atoms with Crippen molar-refractivity contribution in [2.45, 2.75) is 32.2 Å². The summed E-state index contributed by atoms with van der Waals surface area (Å²) in [6, 6.07) is 5.88. The van der Waals surface area contributed by atoms with Crippen molar-refractivity contribution in [3.05, 3.63) is 42.2 Å². The first-order chi connectivity index (χ1) is 10.8. The highest BCUT2D eigenvalue weighted by molar-refractivity contribution is 5.79. The second-order valence-corrected chi connectivity index (χ2v) is 6.25. The zero-order valence-electron chi connectivity index (χ0n) is 13.0. The number of rotatable bonds is 5. The SMILES string of the molecule is O=C([C@H]1CCOC1)N(Cc1ccccn1)C[C@@H]1CC=CCC1. The van der Waals surface area contributed by atoms with Gasteiger partial charge in [-0.2, -0.15) is 0 Å². The van der Waals surface area contributed by atoms with Crippen molar-refractivity contribution in [1.82, 2.24) is 9.88 Å². The lowest BCUT2D eigenvalue weighted by Gasteiger charge is -2.30. The van der Waals surface area contributed by atoms with Crippen LogP contribution < -0.4 is 0 Å². The van der Waals surface area contributed by atoms with E-state index in [1.807, 2.05) is 23.1 Å². The molecule has 0 bridgehead atoms. The van der Waals surface area contributed by atoms with E-state index in [0.29, 0.717) is 25.7 Å². The van der Waals surface area contributed by atoms with E-state index in [0.717, 1.165) is 31.5 Å². The van der Waals surface area contributed by atoms with Gasteiger partial charge in [0, 0.05) is 19.3 Å². The number of pyridine rings is 1. The fourth-order valence-corrected chi connectivity index (χ4v) is 3.24. The van der Waals surface area contributed by atoms with Gasteiger partial charge < -0.3 is 9.64 Å². The first-order valence-corrected chi connectivity index (χ1v) is 8.24. The molecule has 0 spiro atoms. The van der Waals surface area contributed by atoms with Gasteiger partial charge >= 0.3 is 0 Å². The monoisotopic (exact) mass is 300 g/mol. The second-order valence-electron chi connectivity index (χ2n) is 6.25. The van der Waals surface area contributed by atoms with Crippen LogP contribution in [0, 0.1) is 11.8 Å². The molecular weight excluding hydrogens is 276 g/mol. The molecule has 4 nitrogen and oxygen atoms in total. The molecule has 118 valence electrons. The van der Waals surface area contributed by atoms with Gasteiger partial charge in [0.15, 0.2) is 0 Å². The summed E-state index contributed by atoms with van der Waals surface area (Å²) in [4.78, 5) is 19.2. The molecule has 0 saturated carbocycles. The average Bonchev–Trinajstić information content (AvgIpc) is 3.10. The number of ether oxygens (including phenoxy) is 1. The summed E-state index contributed by atoms with van der Waals surface area (Å²) in [5.41, 5.74) is 0.959. The Labute approximate surface area is 132 Å². The minimum absolute atomic E-state index is 0.0304. The topological polar surface area (TPSA) is 42.4 Å². The number of carbonyl (C=O) groups excluding carboxylic acids is 1. The molecule has 22 heavy (non-hydrogen) atoms. The molecule has 0 N–H and O–H groups in total. The first kappa shape index (κ1) is 15.2. The molecule has 1 aliphatic heterocycles. The van der Waals surface area contributed by atoms with E-state index < -0.39 is 0 Å². The third kappa shape index (κ3) is 3.95. The summed E-state index contributed by atoms with van der Waals surface area (Å²) in [6.07, 6.45) is 10.5. The quantitative estimate of drug-likeness (QED) is 0.785. The average molecular weight is 300 g/mol. The highest BCUT2D eigenvalue weighted by Crippen LogP contribution is 2.23. The first-order valence-electron chi connectivity index (χ1n) is 8.24. The van der Waals surface area contributed by atoms with Crippen LogP contribution in [0.5, 0.6) is 0 Å². The fourth-order valence-electron chi connectivity index (χ4n) is 3.24. The summed E-state index contributed by atoms with van der Waals surface area (Å²) >= 11 is 0. The number of nitrogens with zero attached hydrogens (tertiary/aromatic N) is 2. The third-order valence-corrected chi connectivity index (χ3v) is 4.53. The lowest BCUT2D eigenvalue weighted by molar-refractivity contribution is -0.137. The van der Waals surface area contributed by atoms with Crippen LogP contribution in [0.2, 0.25) is 0 Å². The van der Waals surface area contributed by atoms with Crippen molar-refractivity contribution in [2.75, 3.05) is 19.8 Å². The molecule has 1 saturated heterocycles. The van der Waals surface area contributed by atoms with Gasteiger partial charge in [0.25, 0.3) is 0 Å². The van der Waals surface area contributed by atoms with E-state index in [1.165, 1.54) is 6.42 Å². The van der Waals surface area contributed by atoms with Crippen molar-refractivity contribution in [1.29, 1.82) is 0 Å². The maximum atomic E-state index is 12.8. The molecule has 1 aliphatic carbocycles. The van der Waals surface area contributed by atoms with Gasteiger partial charge in [-0.25, -0.2) is 0 Å². The van der Waals surface area contributed by atoms with Crippen molar-refractivity contribution < 1.29 is 9.53 Å². The van der Waals surface area contributed by atoms with Crippen LogP contribution in [0.4, 0.5) is 0 Å². The molecule has 2 aliphatic rings. The number of hydrogen-bond donors (Lipinski definition) is 0. The van der Waals surface area contributed by atoms with E-state index in [1.54, 1.807) is 6.20 Å². The largest absolute Gasteiger partial charge is 0.381 e. The van der Waals surface area contributed by atoms with Crippen LogP contribution in [0.3, 0.4) is 0 Å². The van der Waals surface area contributed by atoms with Gasteiger partial charge in [0.05, 0.1) is 24.8 Å². The van der Waals surface area contributed by atoms with Gasteiger partial charge in [0.1, 0.15) is 0 Å². The van der Waals surface area contributed by atoms with Crippen molar-refractivity contribution in [3.8, 4) is 0 Å². The normalized spacial score (nSPS) is 24.4. The fraction of sp³-hybridized carbons (Fsp3) is 0.556. The van der Waals surface area contributed by atoms with E-state index in [-0.39, 0.29) is 11.8 Å². The van der Waals surface area contributed by atoms with Crippen LogP contribution in [-0.4, -0.2) is 35.5 Å². The van der Waals surface area contributed by atoms with E-state index >= 15 is 0 Å². The van der Waals surface area contributed by atoms with E-state index in [4.69, 9.17) is 4.74 Å². The third-order valence-electron chi connectivity index (χ3n) is 4.53. The maximum absolute atomic E-state index is 12.8. The lowest BCUT2D eigenvalue weighted by atomic mass is 9.93. The number of aromatic nitrogens is 1. The van der Waals surface area contributed by atoms with Gasteiger partial charge in [-0.3, -0.25) is 9.78 Å². The van der Waals surface area contributed by atoms with Gasteiger partial charge in [0.2, 0.25) is 5.91 Å². The zero-order valence-corrected chi connectivity index (χ0v) is 13.0. The predicted molar refractivity (Wildman–Crippen MR) is 85.1 cm³/mol. The highest BCUT2D eigenvalue weighted by atomic mass is 16.5. The molecule has 2 atom stereocenters.